The predicted molar refractivity (Wildman–Crippen MR) is 113 cm³/mol. The molecule has 0 N–H and O–H groups in total. The van der Waals surface area contributed by atoms with Gasteiger partial charge in [0.15, 0.2) is 11.6 Å². The van der Waals surface area contributed by atoms with Gasteiger partial charge in [0.1, 0.15) is 5.82 Å². The lowest BCUT2D eigenvalue weighted by molar-refractivity contribution is -0.0992. The maximum absolute atomic E-state index is 15.2. The highest BCUT2D eigenvalue weighted by molar-refractivity contribution is 6.30. The highest BCUT2D eigenvalue weighted by atomic mass is 35.5. The summed E-state index contributed by atoms with van der Waals surface area (Å²) in [6.07, 6.45) is 1.81. The first-order valence-electron chi connectivity index (χ1n) is 10.4. The lowest BCUT2D eigenvalue weighted by Gasteiger charge is -2.51. The van der Waals surface area contributed by atoms with E-state index in [0.29, 0.717) is 36.5 Å². The fourth-order valence-electron chi connectivity index (χ4n) is 4.71. The summed E-state index contributed by atoms with van der Waals surface area (Å²) in [7, 11) is 0. The number of benzene rings is 2. The molecule has 2 aliphatic rings. The van der Waals surface area contributed by atoms with Crippen molar-refractivity contribution in [3.63, 3.8) is 0 Å². The minimum Gasteiger partial charge on any atom is -0.490 e. The molecule has 29 heavy (non-hydrogen) atoms. The van der Waals surface area contributed by atoms with Crippen molar-refractivity contribution in [2.75, 3.05) is 13.2 Å². The maximum Gasteiger partial charge on any atom is 0.165 e. The Hall–Kier alpha value is -1.65. The van der Waals surface area contributed by atoms with Crippen LogP contribution in [-0.2, 0) is 16.6 Å². The molecule has 158 valence electrons. The number of rotatable bonds is 5. The molecule has 5 heteroatoms. The highest BCUT2D eigenvalue weighted by Crippen LogP contribution is 2.52. The first kappa shape index (κ1) is 20.6. The minimum absolute atomic E-state index is 0. The van der Waals surface area contributed by atoms with Crippen LogP contribution in [0.1, 0.15) is 52.5 Å². The number of halogens is 3. The van der Waals surface area contributed by atoms with Crippen LogP contribution >= 0.6 is 11.6 Å². The van der Waals surface area contributed by atoms with E-state index in [1.807, 2.05) is 31.2 Å². The van der Waals surface area contributed by atoms with Gasteiger partial charge in [-0.1, -0.05) is 50.9 Å². The summed E-state index contributed by atoms with van der Waals surface area (Å²) in [5.74, 6) is -1.23. The van der Waals surface area contributed by atoms with E-state index in [1.54, 1.807) is 0 Å². The molecule has 0 radical (unpaired) electrons. The molecule has 2 heterocycles. The second-order valence-corrected chi connectivity index (χ2v) is 8.16. The zero-order chi connectivity index (χ0) is 20.6. The molecule has 0 aromatic heterocycles. The molecule has 4 rings (SSSR count). The van der Waals surface area contributed by atoms with Gasteiger partial charge in [-0.2, -0.15) is 0 Å². The fourth-order valence-corrected chi connectivity index (χ4v) is 4.83. The van der Waals surface area contributed by atoms with Gasteiger partial charge < -0.3 is 9.47 Å². The lowest BCUT2D eigenvalue weighted by atomic mass is 9.60. The summed E-state index contributed by atoms with van der Waals surface area (Å²) in [5, 5.41) is 0.631. The third-order valence-electron chi connectivity index (χ3n) is 6.05. The highest BCUT2D eigenvalue weighted by Gasteiger charge is 2.53. The molecule has 2 aliphatic heterocycles. The molecule has 1 fully saturated rings. The van der Waals surface area contributed by atoms with Crippen molar-refractivity contribution in [1.82, 2.24) is 0 Å². The summed E-state index contributed by atoms with van der Waals surface area (Å²) >= 11 is 6.04. The first-order chi connectivity index (χ1) is 14.0. The molecular formula is C24H29ClF2O2. The lowest BCUT2D eigenvalue weighted by Crippen LogP contribution is -2.54. The number of hydrogen-bond donors (Lipinski definition) is 0. The Morgan fingerprint density at radius 3 is 2.62 bits per heavy atom. The quantitative estimate of drug-likeness (QED) is 0.531. The molecule has 0 aliphatic carbocycles. The van der Waals surface area contributed by atoms with Crippen molar-refractivity contribution >= 4 is 11.6 Å². The van der Waals surface area contributed by atoms with Gasteiger partial charge in [0, 0.05) is 29.9 Å². The number of fused-ring (bicyclic) bond motifs is 3. The van der Waals surface area contributed by atoms with E-state index in [2.05, 4.69) is 0 Å². The van der Waals surface area contributed by atoms with Crippen LogP contribution in [0, 0.1) is 17.6 Å². The van der Waals surface area contributed by atoms with Crippen LogP contribution in [0.4, 0.5) is 8.78 Å². The van der Waals surface area contributed by atoms with Gasteiger partial charge in [-0.15, -0.1) is 0 Å². The molecule has 0 saturated carbocycles. The monoisotopic (exact) mass is 423 g/mol. The second kappa shape index (κ2) is 9.01. The van der Waals surface area contributed by atoms with E-state index in [0.717, 1.165) is 18.1 Å². The van der Waals surface area contributed by atoms with Gasteiger partial charge in [-0.05, 0) is 49.1 Å². The van der Waals surface area contributed by atoms with E-state index in [1.165, 1.54) is 6.07 Å². The van der Waals surface area contributed by atoms with Crippen molar-refractivity contribution in [2.45, 2.75) is 57.9 Å². The fraction of sp³-hybridized carbons (Fsp3) is 0.500. The summed E-state index contributed by atoms with van der Waals surface area (Å²) in [5.41, 5.74) is 0.595. The van der Waals surface area contributed by atoms with Crippen LogP contribution in [0.5, 0.6) is 5.75 Å². The maximum atomic E-state index is 15.2. The van der Waals surface area contributed by atoms with Gasteiger partial charge in [-0.3, -0.25) is 0 Å². The van der Waals surface area contributed by atoms with Gasteiger partial charge >= 0.3 is 0 Å². The van der Waals surface area contributed by atoms with Crippen molar-refractivity contribution < 1.29 is 19.6 Å². The van der Waals surface area contributed by atoms with E-state index < -0.39 is 23.4 Å². The van der Waals surface area contributed by atoms with Crippen molar-refractivity contribution in [1.29, 1.82) is 0 Å². The Balaban J connectivity index is 0.00000256. The average molecular weight is 424 g/mol. The van der Waals surface area contributed by atoms with Crippen LogP contribution in [0.3, 0.4) is 0 Å². The van der Waals surface area contributed by atoms with E-state index >= 15 is 4.39 Å². The van der Waals surface area contributed by atoms with Gasteiger partial charge in [0.25, 0.3) is 0 Å². The predicted octanol–water partition coefficient (Wildman–Crippen LogP) is 6.72. The van der Waals surface area contributed by atoms with Crippen LogP contribution in [0.2, 0.25) is 5.02 Å². The molecular weight excluding hydrogens is 394 g/mol. The zero-order valence-corrected chi connectivity index (χ0v) is 16.6. The smallest absolute Gasteiger partial charge is 0.165 e. The molecule has 2 aromatic rings. The summed E-state index contributed by atoms with van der Waals surface area (Å²) in [4.78, 5) is 0. The standard InChI is InChI=1S/C23H25ClF2O2.CH4/c1-2-3-4-20-17-14-28-22-19(26)10-9-18(25)21(22)23(17,11-12-27-20)13-15-5-7-16(24)8-6-15;/h5-10,17,20H,2-4,11-14H2,1H3;1H4/t17-,20-,23-;/m0./s1/i4D;/t4?,17-,20-,23-;. The van der Waals surface area contributed by atoms with Crippen LogP contribution < -0.4 is 4.74 Å². The van der Waals surface area contributed by atoms with E-state index in [-0.39, 0.29) is 31.8 Å². The summed E-state index contributed by atoms with van der Waals surface area (Å²) < 4.78 is 50.1. The van der Waals surface area contributed by atoms with Crippen molar-refractivity contribution in [2.24, 2.45) is 5.92 Å². The third-order valence-corrected chi connectivity index (χ3v) is 6.30. The summed E-state index contributed by atoms with van der Waals surface area (Å²) in [6, 6.07) is 9.77. The molecule has 1 saturated heterocycles. The first-order valence-corrected chi connectivity index (χ1v) is 10.2. The molecule has 4 atom stereocenters. The SMILES string of the molecule is C.[2H]C(CCC)[C@@H]1OCC[C@@]2(Cc3ccc(Cl)cc3)c3c(F)ccc(F)c3OC[C@@H]12. The largest absolute Gasteiger partial charge is 0.490 e. The Morgan fingerprint density at radius 2 is 1.90 bits per heavy atom. The van der Waals surface area contributed by atoms with Crippen molar-refractivity contribution in [3.8, 4) is 5.75 Å². The Kier molecular flexibility index (Phi) is 6.41. The Labute approximate surface area is 178 Å². The molecule has 1 unspecified atom stereocenters. The van der Waals surface area contributed by atoms with E-state index in [9.17, 15) is 4.39 Å². The number of hydrogen-bond acceptors (Lipinski definition) is 2. The van der Waals surface area contributed by atoms with Crippen LogP contribution in [0.15, 0.2) is 36.4 Å². The normalized spacial score (nSPS) is 27.0. The Bertz CT molecular complexity index is 876. The number of ether oxygens (including phenoxy) is 2. The van der Waals surface area contributed by atoms with Crippen LogP contribution in [0.25, 0.3) is 0 Å². The molecule has 0 spiro atoms. The second-order valence-electron chi connectivity index (χ2n) is 7.72. The Morgan fingerprint density at radius 1 is 1.17 bits per heavy atom. The van der Waals surface area contributed by atoms with Gasteiger partial charge in [0.2, 0.25) is 0 Å². The molecule has 2 nitrogen and oxygen atoms in total. The minimum atomic E-state index is -0.691. The average Bonchev–Trinajstić information content (AvgIpc) is 2.71. The van der Waals surface area contributed by atoms with E-state index in [4.69, 9.17) is 22.4 Å². The third kappa shape index (κ3) is 4.02. The molecule has 0 amide bonds. The van der Waals surface area contributed by atoms with Crippen LogP contribution in [-0.4, -0.2) is 19.3 Å². The molecule has 0 bridgehead atoms. The van der Waals surface area contributed by atoms with Gasteiger partial charge in [0.05, 0.1) is 12.7 Å². The molecule has 2 aromatic carbocycles. The van der Waals surface area contributed by atoms with Gasteiger partial charge in [-0.25, -0.2) is 8.78 Å². The van der Waals surface area contributed by atoms with Crippen molar-refractivity contribution in [3.05, 3.63) is 64.2 Å². The topological polar surface area (TPSA) is 18.5 Å². The summed E-state index contributed by atoms with van der Waals surface area (Å²) in [6.45, 7) is 2.65. The zero-order valence-electron chi connectivity index (χ0n) is 16.9.